The average Bonchev–Trinajstić information content (AvgIpc) is 2.77. The number of nitrogens with zero attached hydrogens (tertiary/aromatic N) is 2. The third-order valence-electron chi connectivity index (χ3n) is 5.80. The van der Waals surface area contributed by atoms with Gasteiger partial charge < -0.3 is 20.3 Å². The standard InChI is InChI=1S/C26H34N4O/c1-26(2,3)29-20-13-15-30(16-14-20)24-17-25(28-23-8-6-5-7-22(23)24)27-18-19-9-11-21(31-4)12-10-19/h5-12,17,20,29H,13-16,18H2,1-4H3,(H,27,28). The van der Waals surface area contributed by atoms with E-state index in [2.05, 4.69) is 78.8 Å². The Labute approximate surface area is 185 Å². The van der Waals surface area contributed by atoms with Crippen molar-refractivity contribution < 1.29 is 4.74 Å². The highest BCUT2D eigenvalue weighted by Gasteiger charge is 2.24. The average molecular weight is 419 g/mol. The lowest BCUT2D eigenvalue weighted by Gasteiger charge is -2.37. The highest BCUT2D eigenvalue weighted by molar-refractivity contribution is 5.93. The molecule has 1 aromatic heterocycles. The van der Waals surface area contributed by atoms with Crippen LogP contribution in [0.25, 0.3) is 10.9 Å². The molecule has 0 atom stereocenters. The van der Waals surface area contributed by atoms with Gasteiger partial charge in [0.2, 0.25) is 0 Å². The molecular weight excluding hydrogens is 384 g/mol. The summed E-state index contributed by atoms with van der Waals surface area (Å²) in [5.74, 6) is 1.79. The van der Waals surface area contributed by atoms with E-state index in [1.165, 1.54) is 16.6 Å². The zero-order chi connectivity index (χ0) is 21.8. The van der Waals surface area contributed by atoms with Crippen molar-refractivity contribution in [3.05, 3.63) is 60.2 Å². The van der Waals surface area contributed by atoms with E-state index in [-0.39, 0.29) is 5.54 Å². The number of hydrogen-bond donors (Lipinski definition) is 2. The Kier molecular flexibility index (Phi) is 6.33. The summed E-state index contributed by atoms with van der Waals surface area (Å²) < 4.78 is 5.25. The molecule has 0 spiro atoms. The first-order valence-corrected chi connectivity index (χ1v) is 11.2. The highest BCUT2D eigenvalue weighted by atomic mass is 16.5. The number of para-hydroxylation sites is 1. The molecular formula is C26H34N4O. The first-order valence-electron chi connectivity index (χ1n) is 11.2. The monoisotopic (exact) mass is 418 g/mol. The lowest BCUT2D eigenvalue weighted by Crippen LogP contribution is -2.49. The van der Waals surface area contributed by atoms with Gasteiger partial charge in [0.25, 0.3) is 0 Å². The van der Waals surface area contributed by atoms with E-state index < -0.39 is 0 Å². The molecule has 0 unspecified atom stereocenters. The summed E-state index contributed by atoms with van der Waals surface area (Å²) >= 11 is 0. The van der Waals surface area contributed by atoms with Crippen LogP contribution in [-0.4, -0.2) is 36.8 Å². The maximum Gasteiger partial charge on any atom is 0.129 e. The van der Waals surface area contributed by atoms with Crippen molar-refractivity contribution in [3.8, 4) is 5.75 Å². The predicted octanol–water partition coefficient (Wildman–Crippen LogP) is 5.21. The van der Waals surface area contributed by atoms with Crippen molar-refractivity contribution in [2.75, 3.05) is 30.4 Å². The fourth-order valence-corrected chi connectivity index (χ4v) is 4.32. The van der Waals surface area contributed by atoms with Crippen LogP contribution in [0.1, 0.15) is 39.2 Å². The van der Waals surface area contributed by atoms with Crippen LogP contribution in [0.3, 0.4) is 0 Å². The van der Waals surface area contributed by atoms with Gasteiger partial charge in [-0.15, -0.1) is 0 Å². The van der Waals surface area contributed by atoms with E-state index in [0.717, 1.165) is 49.6 Å². The fraction of sp³-hybridized carbons (Fsp3) is 0.423. The van der Waals surface area contributed by atoms with Crippen molar-refractivity contribution in [1.29, 1.82) is 0 Å². The number of methoxy groups -OCH3 is 1. The minimum absolute atomic E-state index is 0.161. The second-order valence-electron chi connectivity index (χ2n) is 9.40. The van der Waals surface area contributed by atoms with Gasteiger partial charge in [0, 0.05) is 48.4 Å². The topological polar surface area (TPSA) is 49.4 Å². The normalized spacial score (nSPS) is 15.3. The fourth-order valence-electron chi connectivity index (χ4n) is 4.32. The molecule has 0 aliphatic carbocycles. The molecule has 1 aliphatic rings. The second-order valence-corrected chi connectivity index (χ2v) is 9.40. The van der Waals surface area contributed by atoms with Crippen LogP contribution in [0.5, 0.6) is 5.75 Å². The molecule has 31 heavy (non-hydrogen) atoms. The molecule has 164 valence electrons. The minimum Gasteiger partial charge on any atom is -0.497 e. The number of aromatic nitrogens is 1. The van der Waals surface area contributed by atoms with Gasteiger partial charge in [-0.1, -0.05) is 30.3 Å². The summed E-state index contributed by atoms with van der Waals surface area (Å²) in [6.07, 6.45) is 2.31. The molecule has 5 heteroatoms. The zero-order valence-electron chi connectivity index (χ0n) is 19.1. The summed E-state index contributed by atoms with van der Waals surface area (Å²) in [6.45, 7) is 9.58. The minimum atomic E-state index is 0.161. The number of ether oxygens (including phenoxy) is 1. The molecule has 2 heterocycles. The molecule has 1 fully saturated rings. The molecule has 4 rings (SSSR count). The molecule has 2 aromatic carbocycles. The van der Waals surface area contributed by atoms with Crippen LogP contribution >= 0.6 is 0 Å². The SMILES string of the molecule is COc1ccc(CNc2cc(N3CCC(NC(C)(C)C)CC3)c3ccccc3n2)cc1. The van der Waals surface area contributed by atoms with E-state index in [1.807, 2.05) is 12.1 Å². The van der Waals surface area contributed by atoms with Crippen molar-refractivity contribution >= 4 is 22.4 Å². The molecule has 3 aromatic rings. The quantitative estimate of drug-likeness (QED) is 0.575. The van der Waals surface area contributed by atoms with Crippen LogP contribution in [0, 0.1) is 0 Å². The summed E-state index contributed by atoms with van der Waals surface area (Å²) in [5.41, 5.74) is 3.67. The summed E-state index contributed by atoms with van der Waals surface area (Å²) in [4.78, 5) is 7.39. The largest absolute Gasteiger partial charge is 0.497 e. The van der Waals surface area contributed by atoms with E-state index in [4.69, 9.17) is 9.72 Å². The van der Waals surface area contributed by atoms with Gasteiger partial charge in [0.05, 0.1) is 12.6 Å². The summed E-state index contributed by atoms with van der Waals surface area (Å²) in [5, 5.41) is 8.51. The van der Waals surface area contributed by atoms with Gasteiger partial charge in [0.15, 0.2) is 0 Å². The van der Waals surface area contributed by atoms with Crippen LogP contribution in [0.15, 0.2) is 54.6 Å². The van der Waals surface area contributed by atoms with Gasteiger partial charge >= 0.3 is 0 Å². The third kappa shape index (κ3) is 5.47. The maximum atomic E-state index is 5.25. The first kappa shape index (κ1) is 21.4. The van der Waals surface area contributed by atoms with Gasteiger partial charge in [-0.3, -0.25) is 0 Å². The highest BCUT2D eigenvalue weighted by Crippen LogP contribution is 2.31. The molecule has 2 N–H and O–H groups in total. The summed E-state index contributed by atoms with van der Waals surface area (Å²) in [6, 6.07) is 19.4. The predicted molar refractivity (Wildman–Crippen MR) is 130 cm³/mol. The Morgan fingerprint density at radius 2 is 1.74 bits per heavy atom. The van der Waals surface area contributed by atoms with E-state index in [9.17, 15) is 0 Å². The zero-order valence-corrected chi connectivity index (χ0v) is 19.1. The number of hydrogen-bond acceptors (Lipinski definition) is 5. The number of rotatable bonds is 6. The Morgan fingerprint density at radius 3 is 2.42 bits per heavy atom. The number of fused-ring (bicyclic) bond motifs is 1. The van der Waals surface area contributed by atoms with Gasteiger partial charge in [-0.2, -0.15) is 0 Å². The van der Waals surface area contributed by atoms with E-state index in [1.54, 1.807) is 7.11 Å². The molecule has 0 bridgehead atoms. The Balaban J connectivity index is 1.51. The van der Waals surface area contributed by atoms with Crippen LogP contribution in [-0.2, 0) is 6.54 Å². The molecule has 1 saturated heterocycles. The van der Waals surface area contributed by atoms with Gasteiger partial charge in [0.1, 0.15) is 11.6 Å². The lowest BCUT2D eigenvalue weighted by molar-refractivity contribution is 0.317. The number of benzene rings is 2. The number of nitrogens with one attached hydrogen (secondary N) is 2. The molecule has 0 amide bonds. The Bertz CT molecular complexity index is 1000. The lowest BCUT2D eigenvalue weighted by atomic mass is 9.99. The first-order chi connectivity index (χ1) is 14.9. The van der Waals surface area contributed by atoms with Gasteiger partial charge in [-0.25, -0.2) is 4.98 Å². The Morgan fingerprint density at radius 1 is 1.03 bits per heavy atom. The molecule has 1 aliphatic heterocycles. The number of anilines is 2. The van der Waals surface area contributed by atoms with E-state index in [0.29, 0.717) is 6.04 Å². The molecule has 5 nitrogen and oxygen atoms in total. The van der Waals surface area contributed by atoms with Crippen molar-refractivity contribution in [2.45, 2.75) is 51.7 Å². The van der Waals surface area contributed by atoms with Crippen LogP contribution in [0.4, 0.5) is 11.5 Å². The third-order valence-corrected chi connectivity index (χ3v) is 5.80. The van der Waals surface area contributed by atoms with E-state index >= 15 is 0 Å². The van der Waals surface area contributed by atoms with Crippen molar-refractivity contribution in [1.82, 2.24) is 10.3 Å². The Hall–Kier alpha value is -2.79. The number of piperidine rings is 1. The van der Waals surface area contributed by atoms with Crippen LogP contribution in [0.2, 0.25) is 0 Å². The smallest absolute Gasteiger partial charge is 0.129 e. The van der Waals surface area contributed by atoms with Crippen LogP contribution < -0.4 is 20.3 Å². The molecule has 0 saturated carbocycles. The maximum absolute atomic E-state index is 5.25. The number of pyridine rings is 1. The van der Waals surface area contributed by atoms with Crippen molar-refractivity contribution in [2.24, 2.45) is 0 Å². The van der Waals surface area contributed by atoms with Crippen molar-refractivity contribution in [3.63, 3.8) is 0 Å². The summed E-state index contributed by atoms with van der Waals surface area (Å²) in [7, 11) is 1.69. The second kappa shape index (κ2) is 9.15. The molecule has 0 radical (unpaired) electrons. The van der Waals surface area contributed by atoms with Gasteiger partial charge in [-0.05, 0) is 57.4 Å².